The molecule has 0 amide bonds. The van der Waals surface area contributed by atoms with Crippen LogP contribution in [0.4, 0.5) is 0 Å². The monoisotopic (exact) mass is 349 g/mol. The van der Waals surface area contributed by atoms with Gasteiger partial charge in [-0.05, 0) is 50.2 Å². The Labute approximate surface area is 152 Å². The summed E-state index contributed by atoms with van der Waals surface area (Å²) in [6.07, 6.45) is 2.81. The second-order valence-electron chi connectivity index (χ2n) is 6.67. The van der Waals surface area contributed by atoms with Crippen molar-refractivity contribution in [1.29, 1.82) is 0 Å². The molecule has 3 N–H and O–H groups in total. The van der Waals surface area contributed by atoms with Crippen molar-refractivity contribution in [3.05, 3.63) is 30.3 Å². The molecule has 0 heterocycles. The molecule has 0 aliphatic rings. The van der Waals surface area contributed by atoms with E-state index in [2.05, 4.69) is 36.4 Å². The molecule has 1 unspecified atom stereocenters. The molecule has 0 saturated heterocycles. The van der Waals surface area contributed by atoms with Gasteiger partial charge in [0.15, 0.2) is 5.96 Å². The first-order chi connectivity index (χ1) is 12.2. The van der Waals surface area contributed by atoms with Crippen LogP contribution in [0.15, 0.2) is 35.3 Å². The summed E-state index contributed by atoms with van der Waals surface area (Å²) in [6, 6.07) is 9.87. The first kappa shape index (κ1) is 21.3. The Kier molecular flexibility index (Phi) is 11.5. The van der Waals surface area contributed by atoms with Crippen molar-refractivity contribution in [2.45, 2.75) is 40.0 Å². The van der Waals surface area contributed by atoms with Crippen molar-refractivity contribution in [2.24, 2.45) is 16.8 Å². The van der Waals surface area contributed by atoms with Crippen molar-refractivity contribution in [3.8, 4) is 5.75 Å². The highest BCUT2D eigenvalue weighted by Crippen LogP contribution is 2.15. The van der Waals surface area contributed by atoms with E-state index >= 15 is 0 Å². The summed E-state index contributed by atoms with van der Waals surface area (Å²) >= 11 is 0. The average molecular weight is 350 g/mol. The van der Waals surface area contributed by atoms with Crippen LogP contribution in [0.25, 0.3) is 0 Å². The maximum Gasteiger partial charge on any atom is 0.191 e. The van der Waals surface area contributed by atoms with Crippen molar-refractivity contribution >= 4 is 5.96 Å². The Hall–Kier alpha value is -1.75. The van der Waals surface area contributed by atoms with Gasteiger partial charge in [0.25, 0.3) is 0 Å². The summed E-state index contributed by atoms with van der Waals surface area (Å²) < 4.78 is 5.69. The van der Waals surface area contributed by atoms with E-state index in [9.17, 15) is 5.11 Å². The van der Waals surface area contributed by atoms with Crippen LogP contribution in [0.1, 0.15) is 40.0 Å². The number of aliphatic imine (C=N–C) groups is 1. The summed E-state index contributed by atoms with van der Waals surface area (Å²) in [5, 5.41) is 15.9. The van der Waals surface area contributed by atoms with Gasteiger partial charge in [0, 0.05) is 26.2 Å². The lowest BCUT2D eigenvalue weighted by atomic mass is 9.94. The van der Waals surface area contributed by atoms with Crippen LogP contribution in [-0.2, 0) is 0 Å². The van der Waals surface area contributed by atoms with Crippen molar-refractivity contribution in [3.63, 3.8) is 0 Å². The zero-order valence-electron chi connectivity index (χ0n) is 16.0. The van der Waals surface area contributed by atoms with E-state index in [1.807, 2.05) is 30.3 Å². The first-order valence-corrected chi connectivity index (χ1v) is 9.46. The lowest BCUT2D eigenvalue weighted by Gasteiger charge is -2.17. The van der Waals surface area contributed by atoms with Gasteiger partial charge in [-0.3, -0.25) is 4.99 Å². The zero-order valence-corrected chi connectivity index (χ0v) is 16.0. The summed E-state index contributed by atoms with van der Waals surface area (Å²) in [5.74, 6) is 2.80. The fourth-order valence-corrected chi connectivity index (χ4v) is 2.68. The molecule has 0 saturated carbocycles. The minimum Gasteiger partial charge on any atom is -0.494 e. The molecule has 25 heavy (non-hydrogen) atoms. The molecule has 0 aliphatic heterocycles. The summed E-state index contributed by atoms with van der Waals surface area (Å²) in [4.78, 5) is 4.68. The quantitative estimate of drug-likeness (QED) is 0.308. The molecule has 0 spiro atoms. The lowest BCUT2D eigenvalue weighted by Crippen LogP contribution is -2.38. The molecule has 5 heteroatoms. The summed E-state index contributed by atoms with van der Waals surface area (Å²) in [6.45, 7) is 9.79. The van der Waals surface area contributed by atoms with E-state index in [0.29, 0.717) is 18.4 Å². The molecule has 5 nitrogen and oxygen atoms in total. The van der Waals surface area contributed by atoms with Gasteiger partial charge >= 0.3 is 0 Å². The van der Waals surface area contributed by atoms with Crippen molar-refractivity contribution in [2.75, 3.05) is 32.8 Å². The van der Waals surface area contributed by atoms with Crippen molar-refractivity contribution < 1.29 is 9.84 Å². The summed E-state index contributed by atoms with van der Waals surface area (Å²) in [7, 11) is 0. The van der Waals surface area contributed by atoms with E-state index in [4.69, 9.17) is 4.74 Å². The largest absolute Gasteiger partial charge is 0.494 e. The van der Waals surface area contributed by atoms with E-state index in [0.717, 1.165) is 50.6 Å². The average Bonchev–Trinajstić information content (AvgIpc) is 2.59. The highest BCUT2D eigenvalue weighted by molar-refractivity contribution is 5.79. The van der Waals surface area contributed by atoms with Gasteiger partial charge in [-0.15, -0.1) is 0 Å². The van der Waals surface area contributed by atoms with Crippen LogP contribution < -0.4 is 15.4 Å². The van der Waals surface area contributed by atoms with Gasteiger partial charge in [-0.25, -0.2) is 0 Å². The summed E-state index contributed by atoms with van der Waals surface area (Å²) in [5.41, 5.74) is 0. The van der Waals surface area contributed by atoms with Crippen LogP contribution in [0, 0.1) is 11.8 Å². The first-order valence-electron chi connectivity index (χ1n) is 9.46. The molecule has 1 aromatic rings. The molecule has 0 fully saturated rings. The normalized spacial score (nSPS) is 12.9. The second-order valence-corrected chi connectivity index (χ2v) is 6.67. The Morgan fingerprint density at radius 2 is 1.96 bits per heavy atom. The van der Waals surface area contributed by atoms with Gasteiger partial charge < -0.3 is 20.5 Å². The standard InChI is InChI=1S/C20H35N3O2/c1-4-21-20(23-16-18(11-13-24)15-17(2)3)22-12-8-14-25-19-9-6-5-7-10-19/h5-7,9-10,17-18,24H,4,8,11-16H2,1-3H3,(H2,21,22,23). The van der Waals surface area contributed by atoms with Crippen LogP contribution in [0.2, 0.25) is 0 Å². The lowest BCUT2D eigenvalue weighted by molar-refractivity contribution is 0.245. The smallest absolute Gasteiger partial charge is 0.191 e. The van der Waals surface area contributed by atoms with E-state index in [1.165, 1.54) is 0 Å². The molecule has 0 bridgehead atoms. The topological polar surface area (TPSA) is 65.9 Å². The third kappa shape index (κ3) is 10.7. The Morgan fingerprint density at radius 3 is 2.60 bits per heavy atom. The predicted molar refractivity (Wildman–Crippen MR) is 105 cm³/mol. The van der Waals surface area contributed by atoms with Gasteiger partial charge in [0.05, 0.1) is 6.61 Å². The maximum absolute atomic E-state index is 9.22. The third-order valence-electron chi connectivity index (χ3n) is 3.82. The van der Waals surface area contributed by atoms with Crippen LogP contribution >= 0.6 is 0 Å². The van der Waals surface area contributed by atoms with Crippen LogP contribution in [0.3, 0.4) is 0 Å². The molecular formula is C20H35N3O2. The number of rotatable bonds is 12. The predicted octanol–water partition coefficient (Wildman–Crippen LogP) is 3.06. The number of hydrogen-bond donors (Lipinski definition) is 3. The fraction of sp³-hybridized carbons (Fsp3) is 0.650. The van der Waals surface area contributed by atoms with E-state index in [-0.39, 0.29) is 6.61 Å². The van der Waals surface area contributed by atoms with E-state index in [1.54, 1.807) is 0 Å². The molecule has 142 valence electrons. The molecule has 1 aromatic carbocycles. The van der Waals surface area contributed by atoms with Crippen LogP contribution in [-0.4, -0.2) is 43.9 Å². The molecule has 1 rings (SSSR count). The van der Waals surface area contributed by atoms with Gasteiger partial charge in [0.2, 0.25) is 0 Å². The maximum atomic E-state index is 9.22. The van der Waals surface area contributed by atoms with E-state index < -0.39 is 0 Å². The van der Waals surface area contributed by atoms with Gasteiger partial charge in [0.1, 0.15) is 5.75 Å². The fourth-order valence-electron chi connectivity index (χ4n) is 2.68. The zero-order chi connectivity index (χ0) is 18.3. The molecule has 0 aromatic heterocycles. The highest BCUT2D eigenvalue weighted by Gasteiger charge is 2.10. The number of guanidine groups is 1. The number of hydrogen-bond acceptors (Lipinski definition) is 3. The molecule has 0 radical (unpaired) electrons. The van der Waals surface area contributed by atoms with Gasteiger partial charge in [-0.2, -0.15) is 0 Å². The number of nitrogens with zero attached hydrogens (tertiary/aromatic N) is 1. The Bertz CT molecular complexity index is 463. The Balaban J connectivity index is 2.33. The number of nitrogens with one attached hydrogen (secondary N) is 2. The SMILES string of the molecule is CCNC(=NCC(CCO)CC(C)C)NCCCOc1ccccc1. The van der Waals surface area contributed by atoms with Crippen LogP contribution in [0.5, 0.6) is 5.75 Å². The molecular weight excluding hydrogens is 314 g/mol. The number of benzene rings is 1. The molecule has 1 atom stereocenters. The highest BCUT2D eigenvalue weighted by atomic mass is 16.5. The number of para-hydroxylation sites is 1. The minimum atomic E-state index is 0.230. The van der Waals surface area contributed by atoms with Gasteiger partial charge in [-0.1, -0.05) is 32.0 Å². The minimum absolute atomic E-state index is 0.230. The van der Waals surface area contributed by atoms with Crippen molar-refractivity contribution in [1.82, 2.24) is 10.6 Å². The second kappa shape index (κ2) is 13.5. The Morgan fingerprint density at radius 1 is 1.20 bits per heavy atom. The molecule has 0 aliphatic carbocycles. The number of aliphatic hydroxyl groups excluding tert-OH is 1. The third-order valence-corrected chi connectivity index (χ3v) is 3.82. The number of ether oxygens (including phenoxy) is 1. The number of aliphatic hydroxyl groups is 1.